The normalized spacial score (nSPS) is 10.3. The molecule has 3 rings (SSSR count). The Balaban J connectivity index is 1.67. The zero-order valence-electron chi connectivity index (χ0n) is 11.2. The van der Waals surface area contributed by atoms with Gasteiger partial charge in [0.25, 0.3) is 0 Å². The molecule has 0 aliphatic carbocycles. The summed E-state index contributed by atoms with van der Waals surface area (Å²) in [5.74, 6) is 1.86. The molecule has 0 aliphatic rings. The fourth-order valence-electron chi connectivity index (χ4n) is 1.64. The van der Waals surface area contributed by atoms with Crippen molar-refractivity contribution in [1.29, 1.82) is 0 Å². The number of pyridine rings is 1. The third-order valence-electron chi connectivity index (χ3n) is 2.64. The molecule has 0 radical (unpaired) electrons. The summed E-state index contributed by atoms with van der Waals surface area (Å²) in [6.45, 7) is 0.325. The SMILES string of the molecule is COc1ccnc(NCc2nc(-c3ccncc3)no2)n1. The van der Waals surface area contributed by atoms with E-state index in [0.29, 0.717) is 30.1 Å². The first-order chi connectivity index (χ1) is 10.3. The van der Waals surface area contributed by atoms with Crippen LogP contribution in [0.2, 0.25) is 0 Å². The van der Waals surface area contributed by atoms with Crippen molar-refractivity contribution in [3.63, 3.8) is 0 Å². The lowest BCUT2D eigenvalue weighted by atomic mass is 10.2. The van der Waals surface area contributed by atoms with Gasteiger partial charge in [-0.25, -0.2) is 4.98 Å². The molecule has 0 unspecified atom stereocenters. The number of methoxy groups -OCH3 is 1. The number of nitrogens with zero attached hydrogens (tertiary/aromatic N) is 5. The average Bonchev–Trinajstić information content (AvgIpc) is 3.03. The van der Waals surface area contributed by atoms with Gasteiger partial charge in [0.1, 0.15) is 0 Å². The van der Waals surface area contributed by atoms with E-state index in [2.05, 4.69) is 30.4 Å². The molecule has 0 aliphatic heterocycles. The lowest BCUT2D eigenvalue weighted by molar-refractivity contribution is 0.383. The van der Waals surface area contributed by atoms with Gasteiger partial charge in [-0.05, 0) is 12.1 Å². The van der Waals surface area contributed by atoms with Crippen LogP contribution in [0.25, 0.3) is 11.4 Å². The molecule has 0 amide bonds. The second-order valence-corrected chi connectivity index (χ2v) is 4.02. The topological polar surface area (TPSA) is 98.8 Å². The Kier molecular flexibility index (Phi) is 3.68. The Morgan fingerprint density at radius 2 is 2.00 bits per heavy atom. The summed E-state index contributed by atoms with van der Waals surface area (Å²) >= 11 is 0. The van der Waals surface area contributed by atoms with Crippen LogP contribution >= 0.6 is 0 Å². The van der Waals surface area contributed by atoms with Crippen molar-refractivity contribution < 1.29 is 9.26 Å². The van der Waals surface area contributed by atoms with Crippen LogP contribution in [0.5, 0.6) is 5.88 Å². The molecule has 0 saturated carbocycles. The highest BCUT2D eigenvalue weighted by Crippen LogP contribution is 2.14. The van der Waals surface area contributed by atoms with Gasteiger partial charge in [-0.3, -0.25) is 4.98 Å². The molecule has 1 N–H and O–H groups in total. The molecule has 0 fully saturated rings. The standard InChI is InChI=1S/C13H12N6O2/c1-20-10-4-7-15-13(18-10)16-8-11-17-12(19-21-11)9-2-5-14-6-3-9/h2-7H,8H2,1H3,(H,15,16,18). The van der Waals surface area contributed by atoms with Gasteiger partial charge in [0, 0.05) is 30.2 Å². The van der Waals surface area contributed by atoms with Crippen LogP contribution < -0.4 is 10.1 Å². The first kappa shape index (κ1) is 13.0. The molecule has 3 heterocycles. The molecule has 0 saturated heterocycles. The molecule has 0 aromatic carbocycles. The minimum absolute atomic E-state index is 0.325. The number of nitrogens with one attached hydrogen (secondary N) is 1. The second kappa shape index (κ2) is 5.95. The van der Waals surface area contributed by atoms with Crippen LogP contribution in [-0.4, -0.2) is 32.2 Å². The fourth-order valence-corrected chi connectivity index (χ4v) is 1.64. The molecule has 3 aromatic rings. The number of anilines is 1. The summed E-state index contributed by atoms with van der Waals surface area (Å²) in [5.41, 5.74) is 0.845. The Morgan fingerprint density at radius 1 is 1.14 bits per heavy atom. The van der Waals surface area contributed by atoms with Crippen molar-refractivity contribution in [3.8, 4) is 17.3 Å². The zero-order chi connectivity index (χ0) is 14.5. The summed E-state index contributed by atoms with van der Waals surface area (Å²) in [6, 6.07) is 5.29. The molecular weight excluding hydrogens is 272 g/mol. The van der Waals surface area contributed by atoms with Crippen molar-refractivity contribution >= 4 is 5.95 Å². The van der Waals surface area contributed by atoms with E-state index in [-0.39, 0.29) is 0 Å². The van der Waals surface area contributed by atoms with E-state index in [1.54, 1.807) is 31.8 Å². The van der Waals surface area contributed by atoms with Crippen LogP contribution in [0.3, 0.4) is 0 Å². The smallest absolute Gasteiger partial charge is 0.246 e. The lowest BCUT2D eigenvalue weighted by Crippen LogP contribution is -2.04. The van der Waals surface area contributed by atoms with Crippen molar-refractivity contribution in [1.82, 2.24) is 25.1 Å². The third kappa shape index (κ3) is 3.11. The average molecular weight is 284 g/mol. The Hall–Kier alpha value is -3.03. The summed E-state index contributed by atoms with van der Waals surface area (Å²) in [6.07, 6.45) is 4.95. The van der Waals surface area contributed by atoms with Gasteiger partial charge >= 0.3 is 0 Å². The van der Waals surface area contributed by atoms with Crippen LogP contribution in [0.4, 0.5) is 5.95 Å². The van der Waals surface area contributed by atoms with E-state index in [9.17, 15) is 0 Å². The third-order valence-corrected chi connectivity index (χ3v) is 2.64. The van der Waals surface area contributed by atoms with E-state index in [1.165, 1.54) is 0 Å². The van der Waals surface area contributed by atoms with Gasteiger partial charge in [-0.1, -0.05) is 5.16 Å². The second-order valence-electron chi connectivity index (χ2n) is 4.02. The summed E-state index contributed by atoms with van der Waals surface area (Å²) in [4.78, 5) is 16.4. The van der Waals surface area contributed by atoms with Gasteiger partial charge < -0.3 is 14.6 Å². The monoisotopic (exact) mass is 284 g/mol. The van der Waals surface area contributed by atoms with E-state index in [4.69, 9.17) is 9.26 Å². The summed E-state index contributed by atoms with van der Waals surface area (Å²) in [5, 5.41) is 6.90. The van der Waals surface area contributed by atoms with Crippen LogP contribution in [-0.2, 0) is 6.54 Å². The van der Waals surface area contributed by atoms with Gasteiger partial charge in [0.2, 0.25) is 23.5 Å². The van der Waals surface area contributed by atoms with E-state index in [1.807, 2.05) is 12.1 Å². The maximum Gasteiger partial charge on any atom is 0.246 e. The molecule has 8 nitrogen and oxygen atoms in total. The first-order valence-corrected chi connectivity index (χ1v) is 6.19. The van der Waals surface area contributed by atoms with Gasteiger partial charge in [-0.2, -0.15) is 9.97 Å². The fraction of sp³-hybridized carbons (Fsp3) is 0.154. The number of hydrogen-bond donors (Lipinski definition) is 1. The van der Waals surface area contributed by atoms with Crippen molar-refractivity contribution in [3.05, 3.63) is 42.7 Å². The summed E-state index contributed by atoms with van der Waals surface area (Å²) < 4.78 is 10.2. The molecule has 106 valence electrons. The summed E-state index contributed by atoms with van der Waals surface area (Å²) in [7, 11) is 1.55. The highest BCUT2D eigenvalue weighted by molar-refractivity contribution is 5.52. The van der Waals surface area contributed by atoms with Crippen LogP contribution in [0.15, 0.2) is 41.3 Å². The number of ether oxygens (including phenoxy) is 1. The number of rotatable bonds is 5. The highest BCUT2D eigenvalue weighted by Gasteiger charge is 2.08. The highest BCUT2D eigenvalue weighted by atomic mass is 16.5. The van der Waals surface area contributed by atoms with E-state index < -0.39 is 0 Å². The molecule has 21 heavy (non-hydrogen) atoms. The number of aromatic nitrogens is 5. The molecule has 3 aromatic heterocycles. The maximum absolute atomic E-state index is 5.17. The van der Waals surface area contributed by atoms with Gasteiger partial charge in [-0.15, -0.1) is 0 Å². The predicted octanol–water partition coefficient (Wildman–Crippen LogP) is 1.54. The van der Waals surface area contributed by atoms with E-state index >= 15 is 0 Å². The minimum atomic E-state index is 0.325. The maximum atomic E-state index is 5.17. The Morgan fingerprint density at radius 3 is 2.81 bits per heavy atom. The molecular formula is C13H12N6O2. The molecule has 0 atom stereocenters. The molecule has 0 bridgehead atoms. The first-order valence-electron chi connectivity index (χ1n) is 6.19. The predicted molar refractivity (Wildman–Crippen MR) is 73.4 cm³/mol. The van der Waals surface area contributed by atoms with Crippen molar-refractivity contribution in [2.75, 3.05) is 12.4 Å². The zero-order valence-corrected chi connectivity index (χ0v) is 11.2. The van der Waals surface area contributed by atoms with Crippen LogP contribution in [0, 0.1) is 0 Å². The minimum Gasteiger partial charge on any atom is -0.481 e. The number of hydrogen-bond acceptors (Lipinski definition) is 8. The quantitative estimate of drug-likeness (QED) is 0.753. The van der Waals surface area contributed by atoms with Gasteiger partial charge in [0.05, 0.1) is 13.7 Å². The molecule has 0 spiro atoms. The Bertz CT molecular complexity index is 715. The molecule has 8 heteroatoms. The largest absolute Gasteiger partial charge is 0.481 e. The van der Waals surface area contributed by atoms with Crippen molar-refractivity contribution in [2.45, 2.75) is 6.54 Å². The van der Waals surface area contributed by atoms with Gasteiger partial charge in [0.15, 0.2) is 0 Å². The van der Waals surface area contributed by atoms with Crippen molar-refractivity contribution in [2.24, 2.45) is 0 Å². The Labute approximate surface area is 120 Å². The lowest BCUT2D eigenvalue weighted by Gasteiger charge is -2.02. The van der Waals surface area contributed by atoms with Crippen LogP contribution in [0.1, 0.15) is 5.89 Å². The van der Waals surface area contributed by atoms with E-state index in [0.717, 1.165) is 5.56 Å².